The fraction of sp³-hybridized carbons (Fsp3) is 0.533. The first-order valence-corrected chi connectivity index (χ1v) is 16.4. The summed E-state index contributed by atoms with van der Waals surface area (Å²) in [5, 5.41) is 2.04. The molecule has 0 aliphatic carbocycles. The van der Waals surface area contributed by atoms with Crippen LogP contribution in [-0.2, 0) is 9.59 Å². The molecule has 7 heteroatoms. The highest BCUT2D eigenvalue weighted by molar-refractivity contribution is 9.11. The van der Waals surface area contributed by atoms with Gasteiger partial charge in [-0.15, -0.1) is 22.7 Å². The van der Waals surface area contributed by atoms with Gasteiger partial charge in [-0.1, -0.05) is 72.3 Å². The van der Waals surface area contributed by atoms with Gasteiger partial charge >= 0.3 is 0 Å². The zero-order valence-corrected chi connectivity index (χ0v) is 25.7. The van der Waals surface area contributed by atoms with E-state index in [1.54, 1.807) is 22.7 Å². The molecule has 0 saturated heterocycles. The van der Waals surface area contributed by atoms with Crippen molar-refractivity contribution in [3.63, 3.8) is 0 Å². The van der Waals surface area contributed by atoms with Crippen LogP contribution in [0.15, 0.2) is 44.6 Å². The van der Waals surface area contributed by atoms with Crippen molar-refractivity contribution in [2.75, 3.05) is 13.1 Å². The number of rotatable bonds is 14. The Bertz CT molecular complexity index is 1160. The molecule has 2 atom stereocenters. The molecule has 2 amide bonds. The molecule has 4 nitrogen and oxygen atoms in total. The second-order valence-corrected chi connectivity index (χ2v) is 13.6. The maximum Gasteiger partial charge on any atom is 0.261 e. The fourth-order valence-corrected chi connectivity index (χ4v) is 7.69. The minimum absolute atomic E-state index is 0.00896. The first kappa shape index (κ1) is 28.3. The van der Waals surface area contributed by atoms with Crippen LogP contribution in [0.5, 0.6) is 0 Å². The molecule has 2 aromatic heterocycles. The molecular formula is C30H39BrN2O2S2. The smallest absolute Gasteiger partial charge is 0.261 e. The van der Waals surface area contributed by atoms with Crippen LogP contribution in [0.2, 0.25) is 0 Å². The minimum Gasteiger partial charge on any atom is -0.306 e. The van der Waals surface area contributed by atoms with Gasteiger partial charge in [0.25, 0.3) is 11.8 Å². The number of unbranched alkanes of at least 4 members (excludes halogenated alkanes) is 2. The zero-order valence-electron chi connectivity index (χ0n) is 22.5. The van der Waals surface area contributed by atoms with E-state index in [-0.39, 0.29) is 11.8 Å². The highest BCUT2D eigenvalue weighted by Crippen LogP contribution is 2.49. The lowest BCUT2D eigenvalue weighted by Crippen LogP contribution is -2.34. The van der Waals surface area contributed by atoms with Crippen molar-refractivity contribution in [3.05, 3.63) is 54.3 Å². The lowest BCUT2D eigenvalue weighted by Gasteiger charge is -2.29. The Balaban J connectivity index is 1.83. The summed E-state index contributed by atoms with van der Waals surface area (Å²) in [6.45, 7) is 10.2. The number of carbonyl (C=O) groups excluding carboxylic acids is 2. The van der Waals surface area contributed by atoms with E-state index in [0.29, 0.717) is 36.1 Å². The van der Waals surface area contributed by atoms with E-state index < -0.39 is 0 Å². The van der Waals surface area contributed by atoms with Crippen LogP contribution < -0.4 is 0 Å². The van der Waals surface area contributed by atoms with Crippen molar-refractivity contribution in [1.29, 1.82) is 0 Å². The highest BCUT2D eigenvalue weighted by Gasteiger charge is 2.49. The molecule has 37 heavy (non-hydrogen) atoms. The summed E-state index contributed by atoms with van der Waals surface area (Å²) >= 11 is 6.82. The van der Waals surface area contributed by atoms with Crippen LogP contribution in [0.1, 0.15) is 88.8 Å². The summed E-state index contributed by atoms with van der Waals surface area (Å²) in [6, 6.07) is 8.13. The van der Waals surface area contributed by atoms with Crippen molar-refractivity contribution < 1.29 is 9.59 Å². The Kier molecular flexibility index (Phi) is 9.87. The Morgan fingerprint density at radius 1 is 0.784 bits per heavy atom. The van der Waals surface area contributed by atoms with Gasteiger partial charge < -0.3 is 9.80 Å². The van der Waals surface area contributed by atoms with Gasteiger partial charge in [0.15, 0.2) is 0 Å². The van der Waals surface area contributed by atoms with Gasteiger partial charge in [-0.25, -0.2) is 0 Å². The molecule has 0 radical (unpaired) electrons. The number of fused-ring (bicyclic) bond motifs is 1. The molecule has 200 valence electrons. The van der Waals surface area contributed by atoms with Crippen molar-refractivity contribution in [2.45, 2.75) is 79.1 Å². The third-order valence-electron chi connectivity index (χ3n) is 7.71. The van der Waals surface area contributed by atoms with Crippen LogP contribution in [0.25, 0.3) is 11.4 Å². The van der Waals surface area contributed by atoms with Gasteiger partial charge in [-0.3, -0.25) is 9.59 Å². The second kappa shape index (κ2) is 12.9. The summed E-state index contributed by atoms with van der Waals surface area (Å²) < 4.78 is 1.00. The standard InChI is InChI=1S/C30H39BrN2O2S2/c1-5-9-12-20(7-3)18-32-27(22-14-11-17-36-22)25-26(30(32)35)28(23-15-16-24(31)37-23)33(29(25)34)19-21(8-4)13-10-6-2/h11,14-17,20-21H,5-10,12-13,18-19H2,1-4H3/t20-,21+/m0/s1. The molecule has 2 aromatic rings. The average Bonchev–Trinajstić information content (AvgIpc) is 3.67. The van der Waals surface area contributed by atoms with Crippen LogP contribution in [-0.4, -0.2) is 34.7 Å². The summed E-state index contributed by atoms with van der Waals surface area (Å²) in [5.74, 6) is 0.816. The van der Waals surface area contributed by atoms with E-state index in [2.05, 4.69) is 49.7 Å². The van der Waals surface area contributed by atoms with Crippen molar-refractivity contribution in [1.82, 2.24) is 9.80 Å². The van der Waals surface area contributed by atoms with E-state index in [1.807, 2.05) is 33.4 Å². The lowest BCUT2D eigenvalue weighted by atomic mass is 9.98. The topological polar surface area (TPSA) is 40.6 Å². The molecule has 4 heterocycles. The van der Waals surface area contributed by atoms with E-state index in [9.17, 15) is 9.59 Å². The molecule has 0 N–H and O–H groups in total. The van der Waals surface area contributed by atoms with Gasteiger partial charge in [0, 0.05) is 13.1 Å². The number of nitrogens with zero attached hydrogens (tertiary/aromatic N) is 2. The van der Waals surface area contributed by atoms with Crippen LogP contribution >= 0.6 is 38.6 Å². The summed E-state index contributed by atoms with van der Waals surface area (Å²) in [6.07, 6.45) is 8.85. The number of halogens is 1. The predicted molar refractivity (Wildman–Crippen MR) is 160 cm³/mol. The molecular weight excluding hydrogens is 564 g/mol. The molecule has 0 spiro atoms. The first-order valence-electron chi connectivity index (χ1n) is 13.9. The van der Waals surface area contributed by atoms with E-state index >= 15 is 0 Å². The van der Waals surface area contributed by atoms with Crippen LogP contribution in [0, 0.1) is 11.8 Å². The van der Waals surface area contributed by atoms with Gasteiger partial charge in [-0.2, -0.15) is 0 Å². The van der Waals surface area contributed by atoms with E-state index in [0.717, 1.165) is 76.3 Å². The molecule has 0 unspecified atom stereocenters. The lowest BCUT2D eigenvalue weighted by molar-refractivity contribution is -0.124. The Morgan fingerprint density at radius 3 is 1.73 bits per heavy atom. The third-order valence-corrected chi connectivity index (χ3v) is 10.2. The molecule has 2 aliphatic rings. The molecule has 0 aromatic carbocycles. The zero-order chi connectivity index (χ0) is 26.5. The van der Waals surface area contributed by atoms with E-state index in [4.69, 9.17) is 0 Å². The van der Waals surface area contributed by atoms with Gasteiger partial charge in [0.1, 0.15) is 0 Å². The number of hydrogen-bond acceptors (Lipinski definition) is 4. The van der Waals surface area contributed by atoms with Gasteiger partial charge in [0.05, 0.1) is 36.1 Å². The largest absolute Gasteiger partial charge is 0.306 e. The summed E-state index contributed by atoms with van der Waals surface area (Å²) in [5.41, 5.74) is 2.86. The summed E-state index contributed by atoms with van der Waals surface area (Å²) in [4.78, 5) is 34.4. The van der Waals surface area contributed by atoms with Crippen LogP contribution in [0.3, 0.4) is 0 Å². The molecule has 0 bridgehead atoms. The second-order valence-electron chi connectivity index (χ2n) is 10.2. The normalized spacial score (nSPS) is 17.4. The van der Waals surface area contributed by atoms with Crippen molar-refractivity contribution in [3.8, 4) is 0 Å². The predicted octanol–water partition coefficient (Wildman–Crippen LogP) is 8.81. The minimum atomic E-state index is -0.00896. The number of hydrogen-bond donors (Lipinski definition) is 0. The highest BCUT2D eigenvalue weighted by atomic mass is 79.9. The number of thiophene rings is 2. The third kappa shape index (κ3) is 5.84. The van der Waals surface area contributed by atoms with E-state index in [1.165, 1.54) is 0 Å². The molecule has 4 rings (SSSR count). The Morgan fingerprint density at radius 2 is 1.32 bits per heavy atom. The van der Waals surface area contributed by atoms with Crippen molar-refractivity contribution >= 4 is 61.8 Å². The quantitative estimate of drug-likeness (QED) is 0.217. The molecule has 0 saturated carbocycles. The molecule has 0 fully saturated rings. The fourth-order valence-electron chi connectivity index (χ4n) is 5.46. The Hall–Kier alpha value is -1.70. The SMILES string of the molecule is CCCC[C@@H](CC)CN1C(=O)C2=C(c3cccs3)N(C[C@@H](CC)CCCC)C(=O)C2=C1c1ccc(Br)s1. The van der Waals surface area contributed by atoms with Gasteiger partial charge in [0.2, 0.25) is 0 Å². The molecule has 2 aliphatic heterocycles. The average molecular weight is 604 g/mol. The first-order chi connectivity index (χ1) is 17.9. The number of carbonyl (C=O) groups is 2. The monoisotopic (exact) mass is 602 g/mol. The maximum absolute atomic E-state index is 14.3. The van der Waals surface area contributed by atoms with Gasteiger partial charge in [-0.05, 0) is 64.2 Å². The summed E-state index contributed by atoms with van der Waals surface area (Å²) in [7, 11) is 0. The van der Waals surface area contributed by atoms with Crippen LogP contribution in [0.4, 0.5) is 0 Å². The Labute approximate surface area is 238 Å². The maximum atomic E-state index is 14.3. The number of amides is 2. The van der Waals surface area contributed by atoms with Crippen molar-refractivity contribution in [2.24, 2.45) is 11.8 Å².